The van der Waals surface area contributed by atoms with Crippen LogP contribution >= 0.6 is 11.8 Å². The van der Waals surface area contributed by atoms with Crippen molar-refractivity contribution in [2.24, 2.45) is 0 Å². The minimum absolute atomic E-state index is 0.438. The zero-order chi connectivity index (χ0) is 41.3. The van der Waals surface area contributed by atoms with Crippen molar-refractivity contribution in [3.63, 3.8) is 0 Å². The first-order chi connectivity index (χ1) is 31.2. The Morgan fingerprint density at radius 1 is 0.302 bits per heavy atom. The molecule has 0 N–H and O–H groups in total. The smallest absolute Gasteiger partial charge is 0.132 e. The lowest BCUT2D eigenvalue weighted by atomic mass is 9.66. The maximum Gasteiger partial charge on any atom is 0.132 e. The van der Waals surface area contributed by atoms with Gasteiger partial charge in [-0.3, -0.25) is 0 Å². The summed E-state index contributed by atoms with van der Waals surface area (Å²) in [6, 6.07) is 83.4. The molecule has 0 radical (unpaired) electrons. The molecule has 2 aliphatic heterocycles. The Balaban J connectivity index is 1.04. The van der Waals surface area contributed by atoms with Gasteiger partial charge in [-0.15, -0.1) is 0 Å². The quantitative estimate of drug-likeness (QED) is 0.176. The van der Waals surface area contributed by atoms with Crippen molar-refractivity contribution in [3.8, 4) is 33.8 Å². The third-order valence-electron chi connectivity index (χ3n) is 14.2. The zero-order valence-electron chi connectivity index (χ0n) is 34.1. The van der Waals surface area contributed by atoms with E-state index in [9.17, 15) is 0 Å². The molecule has 2 nitrogen and oxygen atoms in total. The Bertz CT molecular complexity index is 3480. The van der Waals surface area contributed by atoms with E-state index in [-0.39, 0.29) is 0 Å². The Morgan fingerprint density at radius 2 is 0.746 bits per heavy atom. The number of nitrogens with zero attached hydrogens (tertiary/aromatic N) is 1. The molecule has 2 aliphatic carbocycles. The molecule has 63 heavy (non-hydrogen) atoms. The van der Waals surface area contributed by atoms with E-state index in [4.69, 9.17) is 4.74 Å². The van der Waals surface area contributed by atoms with Crippen molar-refractivity contribution in [2.75, 3.05) is 4.90 Å². The van der Waals surface area contributed by atoms with E-state index in [0.717, 1.165) is 39.7 Å². The Morgan fingerprint density at radius 3 is 1.43 bits per heavy atom. The molecule has 0 saturated heterocycles. The van der Waals surface area contributed by atoms with Crippen molar-refractivity contribution in [3.05, 3.63) is 269 Å². The molecule has 10 aromatic carbocycles. The van der Waals surface area contributed by atoms with Crippen LogP contribution in [0, 0.1) is 0 Å². The zero-order valence-corrected chi connectivity index (χ0v) is 34.9. The van der Waals surface area contributed by atoms with Crippen LogP contribution in [-0.2, 0) is 10.8 Å². The van der Waals surface area contributed by atoms with E-state index in [1.165, 1.54) is 76.2 Å². The van der Waals surface area contributed by atoms with Gasteiger partial charge in [0, 0.05) is 38.0 Å². The van der Waals surface area contributed by atoms with Gasteiger partial charge in [-0.25, -0.2) is 0 Å². The van der Waals surface area contributed by atoms with Crippen LogP contribution in [0.2, 0.25) is 0 Å². The highest BCUT2D eigenvalue weighted by atomic mass is 32.2. The minimum Gasteiger partial charge on any atom is -0.457 e. The molecule has 14 rings (SSSR count). The Kier molecular flexibility index (Phi) is 7.21. The summed E-state index contributed by atoms with van der Waals surface area (Å²) in [4.78, 5) is 5.10. The van der Waals surface area contributed by atoms with Crippen molar-refractivity contribution < 1.29 is 4.74 Å². The average Bonchev–Trinajstić information content (AvgIpc) is 3.79. The summed E-state index contributed by atoms with van der Waals surface area (Å²) in [6.07, 6.45) is 0. The topological polar surface area (TPSA) is 12.5 Å². The lowest BCUT2D eigenvalue weighted by Crippen LogP contribution is -2.32. The van der Waals surface area contributed by atoms with Gasteiger partial charge in [0.25, 0.3) is 0 Å². The highest BCUT2D eigenvalue weighted by Crippen LogP contribution is 2.64. The molecule has 2 heterocycles. The first-order valence-electron chi connectivity index (χ1n) is 21.7. The van der Waals surface area contributed by atoms with Gasteiger partial charge < -0.3 is 9.64 Å². The molecule has 10 aromatic rings. The number of para-hydroxylation sites is 2. The Hall–Kier alpha value is -7.59. The van der Waals surface area contributed by atoms with Crippen LogP contribution in [0.5, 0.6) is 11.5 Å². The number of anilines is 3. The Labute approximate surface area is 370 Å². The van der Waals surface area contributed by atoms with Gasteiger partial charge in [-0.1, -0.05) is 176 Å². The predicted molar refractivity (Wildman–Crippen MR) is 257 cm³/mol. The van der Waals surface area contributed by atoms with E-state index < -0.39 is 10.8 Å². The first-order valence-corrected chi connectivity index (χ1v) is 22.6. The standard InChI is InChI=1S/C60H37NOS/c1-2-16-39-35-40(30-29-38(39)15-1)61(41-32-34-49-46(36-41)44-18-4-6-20-48(44)59(49)52-23-9-13-27-57(52)63-58-28-14-10-24-53(58)59)42-31-33-45-43-17-3-5-19-47(43)60(54(45)37-42)50-21-7-11-25-55(50)62-56-26-12-8-22-51(56)60/h1-37H. The third kappa shape index (κ3) is 4.59. The monoisotopic (exact) mass is 819 g/mol. The minimum atomic E-state index is -0.578. The maximum atomic E-state index is 6.70. The number of hydrogen-bond acceptors (Lipinski definition) is 3. The molecule has 0 unspecified atom stereocenters. The lowest BCUT2D eigenvalue weighted by molar-refractivity contribution is 0.436. The molecule has 294 valence electrons. The first kappa shape index (κ1) is 35.1. The molecular formula is C60H37NOS. The van der Waals surface area contributed by atoms with Crippen molar-refractivity contribution in [1.29, 1.82) is 0 Å². The van der Waals surface area contributed by atoms with E-state index >= 15 is 0 Å². The molecular weight excluding hydrogens is 783 g/mol. The fourth-order valence-corrected chi connectivity index (χ4v) is 12.9. The third-order valence-corrected chi connectivity index (χ3v) is 15.3. The number of benzene rings is 10. The summed E-state index contributed by atoms with van der Waals surface area (Å²) in [5.74, 6) is 1.79. The van der Waals surface area contributed by atoms with Crippen LogP contribution in [0.3, 0.4) is 0 Å². The molecule has 0 atom stereocenters. The fourth-order valence-electron chi connectivity index (χ4n) is 11.7. The number of ether oxygens (including phenoxy) is 1. The van der Waals surface area contributed by atoms with Crippen LogP contribution in [-0.4, -0.2) is 0 Å². The second-order valence-electron chi connectivity index (χ2n) is 17.1. The van der Waals surface area contributed by atoms with Gasteiger partial charge in [0.1, 0.15) is 11.5 Å². The van der Waals surface area contributed by atoms with Crippen molar-refractivity contribution in [2.45, 2.75) is 20.6 Å². The summed E-state index contributed by atoms with van der Waals surface area (Å²) >= 11 is 1.89. The number of rotatable bonds is 3. The van der Waals surface area contributed by atoms with Crippen molar-refractivity contribution >= 4 is 39.6 Å². The van der Waals surface area contributed by atoms with Crippen LogP contribution < -0.4 is 9.64 Å². The fraction of sp³-hybridized carbons (Fsp3) is 0.0333. The van der Waals surface area contributed by atoms with E-state index in [1.807, 2.05) is 11.8 Å². The summed E-state index contributed by atoms with van der Waals surface area (Å²) in [6.45, 7) is 0. The second kappa shape index (κ2) is 13.0. The lowest BCUT2D eigenvalue weighted by Gasteiger charge is -2.40. The molecule has 2 spiro atoms. The van der Waals surface area contributed by atoms with Gasteiger partial charge in [-0.05, 0) is 127 Å². The SMILES string of the molecule is c1ccc2c(c1)Oc1ccccc1C21c2ccccc2-c2ccc(N(c3ccc4c(c3)-c3ccccc3C43c4ccccc4Sc4ccccc43)c3ccc4ccccc4c3)cc21. The molecule has 0 fully saturated rings. The number of hydrogen-bond donors (Lipinski definition) is 0. The van der Waals surface area contributed by atoms with E-state index in [1.54, 1.807) is 0 Å². The van der Waals surface area contributed by atoms with Crippen LogP contribution in [0.1, 0.15) is 44.5 Å². The van der Waals surface area contributed by atoms with Gasteiger partial charge >= 0.3 is 0 Å². The highest BCUT2D eigenvalue weighted by Gasteiger charge is 2.52. The molecule has 0 saturated carbocycles. The van der Waals surface area contributed by atoms with Gasteiger partial charge in [-0.2, -0.15) is 0 Å². The molecule has 4 aliphatic rings. The van der Waals surface area contributed by atoms with Gasteiger partial charge in [0.05, 0.1) is 10.8 Å². The largest absolute Gasteiger partial charge is 0.457 e. The van der Waals surface area contributed by atoms with Crippen LogP contribution in [0.25, 0.3) is 33.0 Å². The predicted octanol–water partition coefficient (Wildman–Crippen LogP) is 15.6. The van der Waals surface area contributed by atoms with E-state index in [2.05, 4.69) is 229 Å². The number of fused-ring (bicyclic) bond motifs is 19. The van der Waals surface area contributed by atoms with Crippen LogP contribution in [0.15, 0.2) is 234 Å². The molecule has 3 heteroatoms. The van der Waals surface area contributed by atoms with E-state index in [0.29, 0.717) is 0 Å². The second-order valence-corrected chi connectivity index (χ2v) is 18.2. The summed E-state index contributed by atoms with van der Waals surface area (Å²) in [5.41, 5.74) is 17.6. The average molecular weight is 820 g/mol. The normalized spacial score (nSPS) is 14.7. The van der Waals surface area contributed by atoms with Crippen molar-refractivity contribution in [1.82, 2.24) is 0 Å². The summed E-state index contributed by atoms with van der Waals surface area (Å²) in [5, 5.41) is 2.42. The highest BCUT2D eigenvalue weighted by molar-refractivity contribution is 7.99. The molecule has 0 amide bonds. The maximum absolute atomic E-state index is 6.70. The van der Waals surface area contributed by atoms with Crippen LogP contribution in [0.4, 0.5) is 17.1 Å². The van der Waals surface area contributed by atoms with Gasteiger partial charge in [0.15, 0.2) is 0 Å². The molecule has 0 aromatic heterocycles. The summed E-state index contributed by atoms with van der Waals surface area (Å²) in [7, 11) is 0. The molecule has 0 bridgehead atoms. The summed E-state index contributed by atoms with van der Waals surface area (Å²) < 4.78 is 6.70. The van der Waals surface area contributed by atoms with Gasteiger partial charge in [0.2, 0.25) is 0 Å².